The molecule has 0 atom stereocenters. The number of aryl methyl sites for hydroxylation is 1. The minimum absolute atomic E-state index is 0.0713. The van der Waals surface area contributed by atoms with Crippen LogP contribution in [0.5, 0.6) is 0 Å². The Hall–Kier alpha value is -0.500. The van der Waals surface area contributed by atoms with Crippen molar-refractivity contribution in [2.75, 3.05) is 0 Å². The van der Waals surface area contributed by atoms with E-state index in [1.54, 1.807) is 0 Å². The molecule has 1 aromatic heterocycles. The summed E-state index contributed by atoms with van der Waals surface area (Å²) in [5.41, 5.74) is 0.0713. The van der Waals surface area contributed by atoms with Crippen LogP contribution in [0.1, 0.15) is 26.6 Å². The predicted molar refractivity (Wildman–Crippen MR) is 46.9 cm³/mol. The van der Waals surface area contributed by atoms with Gasteiger partial charge in [-0.1, -0.05) is 32.4 Å². The van der Waals surface area contributed by atoms with Crippen molar-refractivity contribution in [2.45, 2.75) is 26.2 Å². The van der Waals surface area contributed by atoms with Gasteiger partial charge in [0.05, 0.1) is 0 Å². The first kappa shape index (κ1) is 8.60. The van der Waals surface area contributed by atoms with E-state index in [0.717, 1.165) is 5.82 Å². The van der Waals surface area contributed by atoms with Crippen LogP contribution in [0.4, 0.5) is 0 Å². The van der Waals surface area contributed by atoms with Gasteiger partial charge in [-0.05, 0) is 0 Å². The Labute approximate surface area is 72.2 Å². The van der Waals surface area contributed by atoms with Gasteiger partial charge in [0, 0.05) is 18.7 Å². The summed E-state index contributed by atoms with van der Waals surface area (Å²) in [6.45, 7) is 6.35. The average molecular weight is 173 g/mol. The van der Waals surface area contributed by atoms with Crippen LogP contribution in [0, 0.1) is 0 Å². The molecule has 0 bridgehead atoms. The van der Waals surface area contributed by atoms with Gasteiger partial charge in [-0.2, -0.15) is 0 Å². The van der Waals surface area contributed by atoms with Gasteiger partial charge in [-0.25, -0.2) is 4.98 Å². The van der Waals surface area contributed by atoms with Gasteiger partial charge in [0.1, 0.15) is 11.0 Å². The molecule has 1 aromatic rings. The van der Waals surface area contributed by atoms with Crippen molar-refractivity contribution in [2.24, 2.45) is 7.05 Å². The van der Waals surface area contributed by atoms with E-state index >= 15 is 0 Å². The summed E-state index contributed by atoms with van der Waals surface area (Å²) in [6, 6.07) is 0. The van der Waals surface area contributed by atoms with Crippen molar-refractivity contribution in [3.63, 3.8) is 0 Å². The molecule has 1 rings (SSSR count). The lowest BCUT2D eigenvalue weighted by Crippen LogP contribution is -2.16. The van der Waals surface area contributed by atoms with Gasteiger partial charge >= 0.3 is 0 Å². The molecular formula is C8H13ClN2. The minimum atomic E-state index is 0.0713. The molecule has 62 valence electrons. The molecule has 0 aliphatic carbocycles. The monoisotopic (exact) mass is 172 g/mol. The Bertz CT molecular complexity index is 258. The quantitative estimate of drug-likeness (QED) is 0.588. The number of rotatable bonds is 0. The number of hydrogen-bond acceptors (Lipinski definition) is 1. The van der Waals surface area contributed by atoms with Crippen molar-refractivity contribution in [3.05, 3.63) is 17.2 Å². The van der Waals surface area contributed by atoms with Gasteiger partial charge in [-0.3, -0.25) is 0 Å². The van der Waals surface area contributed by atoms with Crippen LogP contribution in [-0.2, 0) is 12.5 Å². The molecule has 0 aliphatic rings. The molecule has 0 fully saturated rings. The zero-order chi connectivity index (χ0) is 8.65. The molecule has 3 heteroatoms. The van der Waals surface area contributed by atoms with Gasteiger partial charge < -0.3 is 4.57 Å². The average Bonchev–Trinajstić information content (AvgIpc) is 2.08. The molecule has 0 amide bonds. The molecular weight excluding hydrogens is 160 g/mol. The first-order valence-corrected chi connectivity index (χ1v) is 3.98. The fourth-order valence-electron chi connectivity index (χ4n) is 1.13. The summed E-state index contributed by atoms with van der Waals surface area (Å²) in [4.78, 5) is 4.21. The molecule has 0 saturated carbocycles. The third-order valence-corrected chi connectivity index (χ3v) is 1.70. The van der Waals surface area contributed by atoms with Crippen molar-refractivity contribution < 1.29 is 0 Å². The molecule has 0 spiro atoms. The fraction of sp³-hybridized carbons (Fsp3) is 0.625. The normalized spacial score (nSPS) is 12.1. The lowest BCUT2D eigenvalue weighted by Gasteiger charge is -2.16. The summed E-state index contributed by atoms with van der Waals surface area (Å²) in [5.74, 6) is 1.02. The van der Waals surface area contributed by atoms with Gasteiger partial charge in [-0.15, -0.1) is 0 Å². The molecule has 0 aromatic carbocycles. The van der Waals surface area contributed by atoms with Crippen LogP contribution in [0.15, 0.2) is 6.20 Å². The number of hydrogen-bond donors (Lipinski definition) is 0. The van der Waals surface area contributed by atoms with Gasteiger partial charge in [0.15, 0.2) is 0 Å². The van der Waals surface area contributed by atoms with Crippen molar-refractivity contribution in [1.82, 2.24) is 9.55 Å². The first-order chi connectivity index (χ1) is 4.91. The van der Waals surface area contributed by atoms with E-state index in [9.17, 15) is 0 Å². The Morgan fingerprint density at radius 1 is 1.45 bits per heavy atom. The molecule has 11 heavy (non-hydrogen) atoms. The first-order valence-electron chi connectivity index (χ1n) is 3.60. The topological polar surface area (TPSA) is 17.8 Å². The second-order valence-electron chi connectivity index (χ2n) is 3.75. The summed E-state index contributed by atoms with van der Waals surface area (Å²) >= 11 is 5.74. The third kappa shape index (κ3) is 1.74. The smallest absolute Gasteiger partial charge is 0.147 e. The van der Waals surface area contributed by atoms with Crippen LogP contribution >= 0.6 is 11.6 Å². The lowest BCUT2D eigenvalue weighted by molar-refractivity contribution is 0.522. The van der Waals surface area contributed by atoms with Crippen LogP contribution < -0.4 is 0 Å². The van der Waals surface area contributed by atoms with E-state index in [1.165, 1.54) is 0 Å². The van der Waals surface area contributed by atoms with E-state index in [4.69, 9.17) is 11.6 Å². The second kappa shape index (κ2) is 2.52. The van der Waals surface area contributed by atoms with Crippen molar-refractivity contribution >= 4 is 11.6 Å². The number of halogens is 1. The summed E-state index contributed by atoms with van der Waals surface area (Å²) in [7, 11) is 1.96. The molecule has 0 unspecified atom stereocenters. The summed E-state index contributed by atoms with van der Waals surface area (Å²) < 4.78 is 1.96. The molecule has 0 saturated heterocycles. The summed E-state index contributed by atoms with van der Waals surface area (Å²) in [6.07, 6.45) is 1.82. The van der Waals surface area contributed by atoms with Gasteiger partial charge in [0.25, 0.3) is 0 Å². The van der Waals surface area contributed by atoms with Crippen LogP contribution in [-0.4, -0.2) is 9.55 Å². The SMILES string of the molecule is Cn1cc(Cl)nc1C(C)(C)C. The standard InChI is InChI=1S/C8H13ClN2/c1-8(2,3)7-10-6(9)5-11(7)4/h5H,1-4H3. The van der Waals surface area contributed by atoms with Crippen LogP contribution in [0.25, 0.3) is 0 Å². The highest BCUT2D eigenvalue weighted by Crippen LogP contribution is 2.21. The van der Waals surface area contributed by atoms with E-state index in [-0.39, 0.29) is 5.41 Å². The largest absolute Gasteiger partial charge is 0.336 e. The Morgan fingerprint density at radius 2 is 2.00 bits per heavy atom. The highest BCUT2D eigenvalue weighted by atomic mass is 35.5. The Balaban J connectivity index is 3.13. The molecule has 0 radical (unpaired) electrons. The fourth-order valence-corrected chi connectivity index (χ4v) is 1.35. The maximum atomic E-state index is 5.74. The maximum absolute atomic E-state index is 5.74. The highest BCUT2D eigenvalue weighted by Gasteiger charge is 2.19. The Morgan fingerprint density at radius 3 is 2.18 bits per heavy atom. The predicted octanol–water partition coefficient (Wildman–Crippen LogP) is 2.37. The number of nitrogens with zero attached hydrogens (tertiary/aromatic N) is 2. The van der Waals surface area contributed by atoms with Gasteiger partial charge in [0.2, 0.25) is 0 Å². The molecule has 0 aliphatic heterocycles. The minimum Gasteiger partial charge on any atom is -0.336 e. The molecule has 0 N–H and O–H groups in total. The van der Waals surface area contributed by atoms with Crippen molar-refractivity contribution in [1.29, 1.82) is 0 Å². The van der Waals surface area contributed by atoms with Crippen LogP contribution in [0.2, 0.25) is 5.15 Å². The molecule has 1 heterocycles. The zero-order valence-corrected chi connectivity index (χ0v) is 8.11. The highest BCUT2D eigenvalue weighted by molar-refractivity contribution is 6.29. The van der Waals surface area contributed by atoms with E-state index in [0.29, 0.717) is 5.15 Å². The second-order valence-corrected chi connectivity index (χ2v) is 4.14. The number of imidazole rings is 1. The number of aromatic nitrogens is 2. The van der Waals surface area contributed by atoms with Crippen molar-refractivity contribution in [3.8, 4) is 0 Å². The lowest BCUT2D eigenvalue weighted by atomic mass is 9.96. The molecule has 2 nitrogen and oxygen atoms in total. The maximum Gasteiger partial charge on any atom is 0.147 e. The summed E-state index contributed by atoms with van der Waals surface area (Å²) in [5, 5.41) is 0.567. The van der Waals surface area contributed by atoms with E-state index in [2.05, 4.69) is 25.8 Å². The van der Waals surface area contributed by atoms with Crippen LogP contribution in [0.3, 0.4) is 0 Å². The van der Waals surface area contributed by atoms with E-state index in [1.807, 2.05) is 17.8 Å². The zero-order valence-electron chi connectivity index (χ0n) is 7.35. The van der Waals surface area contributed by atoms with E-state index < -0.39 is 0 Å². The Kier molecular flexibility index (Phi) is 1.97. The third-order valence-electron chi connectivity index (χ3n) is 1.52.